The van der Waals surface area contributed by atoms with Crippen molar-refractivity contribution in [3.8, 4) is 0 Å². The molecular weight excluding hydrogens is 234 g/mol. The van der Waals surface area contributed by atoms with Gasteiger partial charge < -0.3 is 15.2 Å². The average molecular weight is 253 g/mol. The SMILES string of the molecule is CC1=C(C[C@H](NC(=O)O)C(=O)[C@@]2(C)CO2)CCC1. The van der Waals surface area contributed by atoms with Gasteiger partial charge in [-0.3, -0.25) is 4.79 Å². The van der Waals surface area contributed by atoms with E-state index in [2.05, 4.69) is 12.2 Å². The van der Waals surface area contributed by atoms with Gasteiger partial charge in [0.25, 0.3) is 0 Å². The Kier molecular flexibility index (Phi) is 3.43. The number of allylic oxidation sites excluding steroid dienone is 1. The number of carboxylic acid groups (broad SMARTS) is 1. The van der Waals surface area contributed by atoms with Crippen molar-refractivity contribution in [2.45, 2.75) is 51.2 Å². The smallest absolute Gasteiger partial charge is 0.405 e. The van der Waals surface area contributed by atoms with Crippen LogP contribution in [0.1, 0.15) is 39.5 Å². The fraction of sp³-hybridized carbons (Fsp3) is 0.692. The van der Waals surface area contributed by atoms with Gasteiger partial charge in [0.05, 0.1) is 12.6 Å². The lowest BCUT2D eigenvalue weighted by molar-refractivity contribution is -0.125. The van der Waals surface area contributed by atoms with Gasteiger partial charge in [0.1, 0.15) is 5.60 Å². The molecule has 5 heteroatoms. The first-order chi connectivity index (χ1) is 8.42. The lowest BCUT2D eigenvalue weighted by Gasteiger charge is -2.19. The monoisotopic (exact) mass is 253 g/mol. The molecule has 2 rings (SSSR count). The highest BCUT2D eigenvalue weighted by molar-refractivity contribution is 5.95. The summed E-state index contributed by atoms with van der Waals surface area (Å²) in [4.78, 5) is 23.0. The molecule has 2 N–H and O–H groups in total. The Bertz CT molecular complexity index is 409. The molecule has 5 nitrogen and oxygen atoms in total. The van der Waals surface area contributed by atoms with Gasteiger partial charge in [-0.25, -0.2) is 4.79 Å². The second-order valence-electron chi connectivity index (χ2n) is 5.33. The fourth-order valence-electron chi connectivity index (χ4n) is 2.46. The summed E-state index contributed by atoms with van der Waals surface area (Å²) in [6.45, 7) is 4.16. The lowest BCUT2D eigenvalue weighted by Crippen LogP contribution is -2.45. The molecule has 2 atom stereocenters. The Morgan fingerprint density at radius 1 is 1.50 bits per heavy atom. The van der Waals surface area contributed by atoms with Crippen molar-refractivity contribution in [3.05, 3.63) is 11.1 Å². The molecule has 0 aromatic heterocycles. The predicted octanol–water partition coefficient (Wildman–Crippen LogP) is 1.87. The summed E-state index contributed by atoms with van der Waals surface area (Å²) in [6, 6.07) is -0.682. The number of carbonyl (C=O) groups excluding carboxylic acids is 1. The molecule has 1 heterocycles. The van der Waals surface area contributed by atoms with Crippen molar-refractivity contribution in [1.82, 2.24) is 5.32 Å². The molecule has 0 unspecified atom stereocenters. The average Bonchev–Trinajstić information content (AvgIpc) is 2.92. The first kappa shape index (κ1) is 13.1. The van der Waals surface area contributed by atoms with E-state index in [1.165, 1.54) is 11.1 Å². The Morgan fingerprint density at radius 3 is 2.61 bits per heavy atom. The Labute approximate surface area is 106 Å². The molecule has 0 saturated carbocycles. The number of nitrogens with one attached hydrogen (secondary N) is 1. The molecule has 1 aliphatic heterocycles. The molecule has 1 amide bonds. The number of epoxide rings is 1. The highest BCUT2D eigenvalue weighted by Crippen LogP contribution is 2.33. The van der Waals surface area contributed by atoms with Gasteiger partial charge in [0.2, 0.25) is 0 Å². The van der Waals surface area contributed by atoms with Crippen LogP contribution in [0.3, 0.4) is 0 Å². The van der Waals surface area contributed by atoms with Gasteiger partial charge in [0.15, 0.2) is 5.78 Å². The summed E-state index contributed by atoms with van der Waals surface area (Å²) >= 11 is 0. The summed E-state index contributed by atoms with van der Waals surface area (Å²) in [5.41, 5.74) is 1.73. The van der Waals surface area contributed by atoms with Crippen LogP contribution in [0.5, 0.6) is 0 Å². The van der Waals surface area contributed by atoms with Crippen LogP contribution in [0, 0.1) is 0 Å². The number of hydrogen-bond acceptors (Lipinski definition) is 3. The van der Waals surface area contributed by atoms with Crippen molar-refractivity contribution < 1.29 is 19.4 Å². The van der Waals surface area contributed by atoms with E-state index >= 15 is 0 Å². The van der Waals surface area contributed by atoms with Crippen LogP contribution in [0.2, 0.25) is 0 Å². The quantitative estimate of drug-likeness (QED) is 0.579. The third kappa shape index (κ3) is 2.72. The highest BCUT2D eigenvalue weighted by atomic mass is 16.6. The molecule has 1 saturated heterocycles. The van der Waals surface area contributed by atoms with Crippen LogP contribution in [-0.2, 0) is 9.53 Å². The van der Waals surface area contributed by atoms with Gasteiger partial charge >= 0.3 is 6.09 Å². The zero-order valence-corrected chi connectivity index (χ0v) is 10.8. The number of Topliss-reactive ketones (excluding diaryl/α,β-unsaturated/α-hetero) is 1. The van der Waals surface area contributed by atoms with Crippen LogP contribution >= 0.6 is 0 Å². The number of ketones is 1. The number of rotatable bonds is 5. The first-order valence-electron chi connectivity index (χ1n) is 6.27. The molecule has 0 bridgehead atoms. The van der Waals surface area contributed by atoms with Crippen LogP contribution in [0.15, 0.2) is 11.1 Å². The van der Waals surface area contributed by atoms with Crippen LogP contribution in [-0.4, -0.2) is 35.2 Å². The van der Waals surface area contributed by atoms with Crippen LogP contribution < -0.4 is 5.32 Å². The Morgan fingerprint density at radius 2 is 2.17 bits per heavy atom. The van der Waals surface area contributed by atoms with Crippen molar-refractivity contribution in [1.29, 1.82) is 0 Å². The number of amides is 1. The zero-order chi connectivity index (χ0) is 13.3. The van der Waals surface area contributed by atoms with E-state index in [0.29, 0.717) is 13.0 Å². The molecule has 0 spiro atoms. The summed E-state index contributed by atoms with van der Waals surface area (Å²) < 4.78 is 5.11. The van der Waals surface area contributed by atoms with E-state index in [1.54, 1.807) is 6.92 Å². The number of ether oxygens (including phenoxy) is 1. The minimum Gasteiger partial charge on any atom is -0.465 e. The van der Waals surface area contributed by atoms with Gasteiger partial charge in [-0.2, -0.15) is 0 Å². The Hall–Kier alpha value is -1.36. The number of carbonyl (C=O) groups is 2. The molecular formula is C13H19NO4. The van der Waals surface area contributed by atoms with E-state index in [1.807, 2.05) is 0 Å². The number of hydrogen-bond donors (Lipinski definition) is 2. The second kappa shape index (κ2) is 4.72. The summed E-state index contributed by atoms with van der Waals surface area (Å²) in [5.74, 6) is -0.155. The molecule has 1 aliphatic carbocycles. The van der Waals surface area contributed by atoms with E-state index in [4.69, 9.17) is 9.84 Å². The second-order valence-corrected chi connectivity index (χ2v) is 5.33. The molecule has 1 fully saturated rings. The lowest BCUT2D eigenvalue weighted by atomic mass is 9.93. The summed E-state index contributed by atoms with van der Waals surface area (Å²) in [5, 5.41) is 11.2. The van der Waals surface area contributed by atoms with E-state index in [0.717, 1.165) is 19.3 Å². The molecule has 0 radical (unpaired) electrons. The first-order valence-corrected chi connectivity index (χ1v) is 6.27. The van der Waals surface area contributed by atoms with Gasteiger partial charge in [-0.05, 0) is 39.5 Å². The standard InChI is InChI=1S/C13H19NO4/c1-8-4-3-5-9(8)6-10(14-12(16)17)11(15)13(2)7-18-13/h10,14H,3-7H2,1-2H3,(H,16,17)/t10-,13+/m0/s1. The maximum absolute atomic E-state index is 12.2. The van der Waals surface area contributed by atoms with Gasteiger partial charge in [-0.15, -0.1) is 0 Å². The third-order valence-corrected chi connectivity index (χ3v) is 3.80. The normalized spacial score (nSPS) is 28.1. The molecule has 18 heavy (non-hydrogen) atoms. The van der Waals surface area contributed by atoms with Crippen molar-refractivity contribution in [2.24, 2.45) is 0 Å². The molecule has 0 aromatic rings. The van der Waals surface area contributed by atoms with Gasteiger partial charge in [-0.1, -0.05) is 11.1 Å². The molecule has 100 valence electrons. The van der Waals surface area contributed by atoms with E-state index < -0.39 is 17.7 Å². The minimum absolute atomic E-state index is 0.155. The maximum atomic E-state index is 12.2. The minimum atomic E-state index is -1.16. The zero-order valence-electron chi connectivity index (χ0n) is 10.8. The van der Waals surface area contributed by atoms with E-state index in [9.17, 15) is 9.59 Å². The summed E-state index contributed by atoms with van der Waals surface area (Å²) in [6.07, 6.45) is 2.44. The largest absolute Gasteiger partial charge is 0.465 e. The van der Waals surface area contributed by atoms with Gasteiger partial charge in [0, 0.05) is 0 Å². The Balaban J connectivity index is 2.07. The topological polar surface area (TPSA) is 78.9 Å². The van der Waals surface area contributed by atoms with E-state index in [-0.39, 0.29) is 5.78 Å². The molecule has 0 aromatic carbocycles. The summed E-state index contributed by atoms with van der Waals surface area (Å²) in [7, 11) is 0. The van der Waals surface area contributed by atoms with Crippen molar-refractivity contribution in [3.63, 3.8) is 0 Å². The van der Waals surface area contributed by atoms with Crippen molar-refractivity contribution >= 4 is 11.9 Å². The van der Waals surface area contributed by atoms with Crippen LogP contribution in [0.25, 0.3) is 0 Å². The van der Waals surface area contributed by atoms with Crippen LogP contribution in [0.4, 0.5) is 4.79 Å². The third-order valence-electron chi connectivity index (χ3n) is 3.80. The molecule has 2 aliphatic rings. The van der Waals surface area contributed by atoms with Crippen molar-refractivity contribution in [2.75, 3.05) is 6.61 Å². The highest BCUT2D eigenvalue weighted by Gasteiger charge is 2.50. The predicted molar refractivity (Wildman–Crippen MR) is 65.5 cm³/mol. The fourth-order valence-corrected chi connectivity index (χ4v) is 2.46. The maximum Gasteiger partial charge on any atom is 0.405 e.